The lowest BCUT2D eigenvalue weighted by molar-refractivity contribution is 0.415. The zero-order chi connectivity index (χ0) is 21.5. The summed E-state index contributed by atoms with van der Waals surface area (Å²) in [5.74, 6) is 0.835. The molecule has 4 aromatic rings. The predicted molar refractivity (Wildman–Crippen MR) is 131 cm³/mol. The summed E-state index contributed by atoms with van der Waals surface area (Å²) in [5.41, 5.74) is 9.84. The van der Waals surface area contributed by atoms with Gasteiger partial charge in [0.1, 0.15) is 5.75 Å². The summed E-state index contributed by atoms with van der Waals surface area (Å²) in [6.07, 6.45) is 8.12. The first-order valence-corrected chi connectivity index (χ1v) is 10.4. The molecule has 1 aromatic carbocycles. The number of nitrogens with zero attached hydrogens (tertiary/aromatic N) is 2. The Morgan fingerprint density at radius 2 is 1.16 bits per heavy atom. The van der Waals surface area contributed by atoms with Gasteiger partial charge in [-0.15, -0.1) is 0 Å². The molecule has 5 nitrogen and oxygen atoms in total. The molecule has 0 saturated heterocycles. The summed E-state index contributed by atoms with van der Waals surface area (Å²) in [6, 6.07) is 22.6. The second kappa shape index (κ2) is 7.39. The molecule has 3 aromatic heterocycles. The number of ether oxygens (including phenoxy) is 1. The Bertz CT molecular complexity index is 1550. The SMILES string of the molecule is COc1ccc(-c2cc3cc4nc(cc5ccc(cc6nc(cc2[nH]3)C=C6)[nH]5)C=C4)cc1. The summed E-state index contributed by atoms with van der Waals surface area (Å²) in [5, 5.41) is 0. The number of H-pyrrole nitrogens is 2. The average molecular weight is 416 g/mol. The van der Waals surface area contributed by atoms with Crippen LogP contribution in [0.2, 0.25) is 0 Å². The van der Waals surface area contributed by atoms with Gasteiger partial charge in [0.25, 0.3) is 0 Å². The molecule has 5 heteroatoms. The van der Waals surface area contributed by atoms with Crippen LogP contribution in [0.25, 0.3) is 57.5 Å². The van der Waals surface area contributed by atoms with E-state index in [2.05, 4.69) is 52.4 Å². The number of aromatic amines is 2. The third-order valence-electron chi connectivity index (χ3n) is 5.57. The van der Waals surface area contributed by atoms with Crippen molar-refractivity contribution in [3.05, 3.63) is 89.5 Å². The fourth-order valence-corrected chi connectivity index (χ4v) is 4.03. The molecule has 0 radical (unpaired) electrons. The van der Waals surface area contributed by atoms with E-state index in [0.29, 0.717) is 0 Å². The van der Waals surface area contributed by atoms with Gasteiger partial charge in [-0.2, -0.15) is 0 Å². The van der Waals surface area contributed by atoms with Gasteiger partial charge in [-0.1, -0.05) is 12.1 Å². The van der Waals surface area contributed by atoms with Crippen molar-refractivity contribution in [2.24, 2.45) is 0 Å². The summed E-state index contributed by atoms with van der Waals surface area (Å²) < 4.78 is 5.32. The summed E-state index contributed by atoms with van der Waals surface area (Å²) in [4.78, 5) is 16.5. The number of nitrogens with one attached hydrogen (secondary N) is 2. The standard InChI is InChI=1S/C27H20N4O/c1-32-25-10-2-17(3-11-25)26-15-24-14-22-7-6-20(29-22)12-18-4-5-19(28-18)13-21-8-9-23(30-21)16-27(26)31-24/h2-16,28,31H,1H3. The Kier molecular flexibility index (Phi) is 4.25. The van der Waals surface area contributed by atoms with Gasteiger partial charge in [-0.05, 0) is 84.5 Å². The number of methoxy groups -OCH3 is 1. The maximum Gasteiger partial charge on any atom is 0.118 e. The normalized spacial score (nSPS) is 12.3. The number of hydrogen-bond acceptors (Lipinski definition) is 3. The van der Waals surface area contributed by atoms with E-state index in [9.17, 15) is 0 Å². The van der Waals surface area contributed by atoms with Crippen LogP contribution in [0.5, 0.6) is 5.75 Å². The van der Waals surface area contributed by atoms with Gasteiger partial charge in [-0.25, -0.2) is 9.97 Å². The van der Waals surface area contributed by atoms with Crippen molar-refractivity contribution in [3.63, 3.8) is 0 Å². The van der Waals surface area contributed by atoms with Crippen LogP contribution < -0.4 is 4.74 Å². The summed E-state index contributed by atoms with van der Waals surface area (Å²) in [6.45, 7) is 0. The third-order valence-corrected chi connectivity index (χ3v) is 5.57. The van der Waals surface area contributed by atoms with E-state index in [-0.39, 0.29) is 0 Å². The minimum Gasteiger partial charge on any atom is -0.497 e. The van der Waals surface area contributed by atoms with E-state index in [4.69, 9.17) is 14.7 Å². The Morgan fingerprint density at radius 3 is 1.75 bits per heavy atom. The van der Waals surface area contributed by atoms with Crippen LogP contribution in [0.1, 0.15) is 22.8 Å². The van der Waals surface area contributed by atoms with Crippen molar-refractivity contribution in [3.8, 4) is 16.9 Å². The number of aromatic nitrogens is 4. The monoisotopic (exact) mass is 416 g/mol. The van der Waals surface area contributed by atoms with Crippen molar-refractivity contribution < 1.29 is 4.74 Å². The fourth-order valence-electron chi connectivity index (χ4n) is 4.03. The maximum atomic E-state index is 5.32. The Balaban J connectivity index is 1.64. The molecule has 0 spiro atoms. The van der Waals surface area contributed by atoms with E-state index < -0.39 is 0 Å². The van der Waals surface area contributed by atoms with Crippen LogP contribution in [0, 0.1) is 0 Å². The first-order chi connectivity index (χ1) is 15.7. The van der Waals surface area contributed by atoms with Crippen LogP contribution in [0.4, 0.5) is 0 Å². The smallest absolute Gasteiger partial charge is 0.118 e. The van der Waals surface area contributed by atoms with Gasteiger partial charge >= 0.3 is 0 Å². The van der Waals surface area contributed by atoms with Gasteiger partial charge < -0.3 is 14.7 Å². The van der Waals surface area contributed by atoms with E-state index in [1.165, 1.54) is 0 Å². The molecule has 0 amide bonds. The van der Waals surface area contributed by atoms with Crippen LogP contribution >= 0.6 is 0 Å². The van der Waals surface area contributed by atoms with Crippen LogP contribution in [0.3, 0.4) is 0 Å². The largest absolute Gasteiger partial charge is 0.497 e. The molecule has 154 valence electrons. The molecule has 0 atom stereocenters. The zero-order valence-electron chi connectivity index (χ0n) is 17.5. The molecule has 2 aliphatic heterocycles. The number of fused-ring (bicyclic) bond motifs is 8. The highest BCUT2D eigenvalue weighted by Crippen LogP contribution is 2.29. The molecule has 6 rings (SSSR count). The fraction of sp³-hybridized carbons (Fsp3) is 0.0370. The molecule has 5 heterocycles. The molecule has 0 aliphatic carbocycles. The molecule has 2 aliphatic rings. The lowest BCUT2D eigenvalue weighted by Crippen LogP contribution is -1.82. The minimum absolute atomic E-state index is 0.835. The van der Waals surface area contributed by atoms with Crippen molar-refractivity contribution in [1.82, 2.24) is 19.9 Å². The van der Waals surface area contributed by atoms with E-state index in [1.54, 1.807) is 7.11 Å². The average Bonchev–Trinajstić information content (AvgIpc) is 3.59. The van der Waals surface area contributed by atoms with Crippen LogP contribution in [0.15, 0.2) is 66.7 Å². The summed E-state index contributed by atoms with van der Waals surface area (Å²) in [7, 11) is 1.68. The first-order valence-electron chi connectivity index (χ1n) is 10.4. The number of hydrogen-bond donors (Lipinski definition) is 2. The Hall–Kier alpha value is -4.38. The van der Waals surface area contributed by atoms with E-state index in [1.807, 2.05) is 48.6 Å². The summed E-state index contributed by atoms with van der Waals surface area (Å²) >= 11 is 0. The highest BCUT2D eigenvalue weighted by atomic mass is 16.5. The van der Waals surface area contributed by atoms with Crippen molar-refractivity contribution in [1.29, 1.82) is 0 Å². The molecule has 0 saturated carbocycles. The number of rotatable bonds is 2. The Labute approximate surface area is 184 Å². The molecular weight excluding hydrogens is 396 g/mol. The lowest BCUT2D eigenvalue weighted by atomic mass is 10.1. The van der Waals surface area contributed by atoms with E-state index >= 15 is 0 Å². The van der Waals surface area contributed by atoms with Gasteiger partial charge in [0, 0.05) is 27.6 Å². The second-order valence-electron chi connectivity index (χ2n) is 7.82. The molecule has 0 fully saturated rings. The van der Waals surface area contributed by atoms with Gasteiger partial charge in [0.15, 0.2) is 0 Å². The predicted octanol–water partition coefficient (Wildman–Crippen LogP) is 6.33. The molecule has 32 heavy (non-hydrogen) atoms. The molecular formula is C27H20N4O. The minimum atomic E-state index is 0.835. The zero-order valence-corrected chi connectivity index (χ0v) is 17.5. The van der Waals surface area contributed by atoms with Crippen molar-refractivity contribution in [2.45, 2.75) is 0 Å². The number of benzene rings is 1. The van der Waals surface area contributed by atoms with Gasteiger partial charge in [0.2, 0.25) is 0 Å². The molecule has 0 unspecified atom stereocenters. The quantitative estimate of drug-likeness (QED) is 0.346. The highest BCUT2D eigenvalue weighted by Gasteiger charge is 2.07. The van der Waals surface area contributed by atoms with Gasteiger partial charge in [-0.3, -0.25) is 0 Å². The van der Waals surface area contributed by atoms with Crippen molar-refractivity contribution in [2.75, 3.05) is 7.11 Å². The van der Waals surface area contributed by atoms with Crippen molar-refractivity contribution >= 4 is 46.4 Å². The topological polar surface area (TPSA) is 66.6 Å². The highest BCUT2D eigenvalue weighted by molar-refractivity contribution is 5.88. The van der Waals surface area contributed by atoms with E-state index in [0.717, 1.165) is 61.7 Å². The second-order valence-corrected chi connectivity index (χ2v) is 7.82. The Morgan fingerprint density at radius 1 is 0.594 bits per heavy atom. The maximum absolute atomic E-state index is 5.32. The molecule has 2 N–H and O–H groups in total. The van der Waals surface area contributed by atoms with Crippen LogP contribution in [-0.4, -0.2) is 27.0 Å². The van der Waals surface area contributed by atoms with Gasteiger partial charge in [0.05, 0.1) is 29.9 Å². The third kappa shape index (κ3) is 3.50. The lowest BCUT2D eigenvalue weighted by Gasteiger charge is -2.02. The van der Waals surface area contributed by atoms with Crippen LogP contribution in [-0.2, 0) is 0 Å². The molecule has 8 bridgehead atoms. The first kappa shape index (κ1) is 18.4.